The van der Waals surface area contributed by atoms with Crippen LogP contribution in [0.15, 0.2) is 29.2 Å². The minimum absolute atomic E-state index is 0.0702. The van der Waals surface area contributed by atoms with E-state index >= 15 is 0 Å². The first-order chi connectivity index (χ1) is 10.8. The lowest BCUT2D eigenvalue weighted by atomic mass is 10.2. The quantitative estimate of drug-likeness (QED) is 0.634. The standard InChI is InChI=1S/C15H24N2O5S/c1-12(2)10-17(11-15(16)18)23(19,20)14-6-4-13(5-7-14)22-9-8-21-3/h4-7,12H,8-11H2,1-3H3,(H2,16,18). The molecule has 0 bridgehead atoms. The molecule has 1 aromatic rings. The molecule has 0 aliphatic rings. The van der Waals surface area contributed by atoms with Gasteiger partial charge in [0.1, 0.15) is 12.4 Å². The van der Waals surface area contributed by atoms with Crippen molar-refractivity contribution in [2.75, 3.05) is 33.4 Å². The number of hydrogen-bond donors (Lipinski definition) is 1. The number of benzene rings is 1. The van der Waals surface area contributed by atoms with Gasteiger partial charge in [-0.2, -0.15) is 4.31 Å². The van der Waals surface area contributed by atoms with Crippen molar-refractivity contribution >= 4 is 15.9 Å². The number of ether oxygens (including phenoxy) is 2. The Morgan fingerprint density at radius 3 is 2.30 bits per heavy atom. The third kappa shape index (κ3) is 6.17. The van der Waals surface area contributed by atoms with Crippen LogP contribution in [-0.4, -0.2) is 52.0 Å². The van der Waals surface area contributed by atoms with E-state index in [1.165, 1.54) is 12.1 Å². The number of nitrogens with zero attached hydrogens (tertiary/aromatic N) is 1. The summed E-state index contributed by atoms with van der Waals surface area (Å²) in [5, 5.41) is 0. The summed E-state index contributed by atoms with van der Waals surface area (Å²) in [6.07, 6.45) is 0. The van der Waals surface area contributed by atoms with E-state index in [-0.39, 0.29) is 23.9 Å². The normalized spacial score (nSPS) is 11.9. The minimum Gasteiger partial charge on any atom is -0.491 e. The van der Waals surface area contributed by atoms with Crippen LogP contribution in [0.5, 0.6) is 5.75 Å². The Morgan fingerprint density at radius 2 is 1.83 bits per heavy atom. The maximum Gasteiger partial charge on any atom is 0.243 e. The van der Waals surface area contributed by atoms with Gasteiger partial charge in [0.25, 0.3) is 0 Å². The molecule has 1 rings (SSSR count). The molecule has 0 spiro atoms. The molecule has 8 heteroatoms. The molecule has 0 saturated heterocycles. The Morgan fingerprint density at radius 1 is 1.22 bits per heavy atom. The average Bonchev–Trinajstić information content (AvgIpc) is 2.46. The molecule has 130 valence electrons. The summed E-state index contributed by atoms with van der Waals surface area (Å²) in [5.74, 6) is -0.0687. The Kier molecular flexibility index (Phi) is 7.47. The van der Waals surface area contributed by atoms with Gasteiger partial charge >= 0.3 is 0 Å². The van der Waals surface area contributed by atoms with Gasteiger partial charge < -0.3 is 15.2 Å². The molecule has 0 aromatic heterocycles. The second-order valence-electron chi connectivity index (χ2n) is 5.47. The maximum atomic E-state index is 12.6. The lowest BCUT2D eigenvalue weighted by molar-refractivity contribution is -0.118. The van der Waals surface area contributed by atoms with Crippen LogP contribution in [0.4, 0.5) is 0 Å². The van der Waals surface area contributed by atoms with Gasteiger partial charge in [-0.15, -0.1) is 0 Å². The minimum atomic E-state index is -3.78. The van der Waals surface area contributed by atoms with Crippen molar-refractivity contribution < 1.29 is 22.7 Å². The lowest BCUT2D eigenvalue weighted by Gasteiger charge is -2.22. The highest BCUT2D eigenvalue weighted by molar-refractivity contribution is 7.89. The summed E-state index contributed by atoms with van der Waals surface area (Å²) in [4.78, 5) is 11.3. The van der Waals surface area contributed by atoms with E-state index < -0.39 is 15.9 Å². The van der Waals surface area contributed by atoms with Crippen LogP contribution in [0.3, 0.4) is 0 Å². The van der Waals surface area contributed by atoms with Crippen molar-refractivity contribution in [3.05, 3.63) is 24.3 Å². The Bertz CT molecular complexity index is 599. The van der Waals surface area contributed by atoms with Crippen molar-refractivity contribution in [2.45, 2.75) is 18.7 Å². The molecule has 0 radical (unpaired) electrons. The highest BCUT2D eigenvalue weighted by Gasteiger charge is 2.26. The number of hydrogen-bond acceptors (Lipinski definition) is 5. The number of nitrogens with two attached hydrogens (primary N) is 1. The number of primary amides is 1. The summed E-state index contributed by atoms with van der Waals surface area (Å²) in [5.41, 5.74) is 5.16. The zero-order chi connectivity index (χ0) is 17.5. The fraction of sp³-hybridized carbons (Fsp3) is 0.533. The summed E-state index contributed by atoms with van der Waals surface area (Å²) in [7, 11) is -2.21. The van der Waals surface area contributed by atoms with Crippen LogP contribution in [0.1, 0.15) is 13.8 Å². The fourth-order valence-corrected chi connectivity index (χ4v) is 3.50. The van der Waals surface area contributed by atoms with Crippen LogP contribution >= 0.6 is 0 Å². The van der Waals surface area contributed by atoms with Gasteiger partial charge in [-0.25, -0.2) is 8.42 Å². The molecule has 0 atom stereocenters. The molecule has 0 saturated carbocycles. The van der Waals surface area contributed by atoms with Crippen LogP contribution in [0.2, 0.25) is 0 Å². The summed E-state index contributed by atoms with van der Waals surface area (Å²) < 4.78 is 36.6. The Labute approximate surface area is 137 Å². The SMILES string of the molecule is COCCOc1ccc(S(=O)(=O)N(CC(N)=O)CC(C)C)cc1. The molecule has 0 fully saturated rings. The van der Waals surface area contributed by atoms with Crippen molar-refractivity contribution in [1.82, 2.24) is 4.31 Å². The molecule has 0 aliphatic carbocycles. The third-order valence-corrected chi connectivity index (χ3v) is 4.74. The smallest absolute Gasteiger partial charge is 0.243 e. The van der Waals surface area contributed by atoms with E-state index in [9.17, 15) is 13.2 Å². The van der Waals surface area contributed by atoms with Gasteiger partial charge in [0.15, 0.2) is 0 Å². The highest BCUT2D eigenvalue weighted by atomic mass is 32.2. The first-order valence-electron chi connectivity index (χ1n) is 7.27. The van der Waals surface area contributed by atoms with Crippen molar-refractivity contribution in [3.63, 3.8) is 0 Å². The number of amides is 1. The van der Waals surface area contributed by atoms with Gasteiger partial charge in [-0.1, -0.05) is 13.8 Å². The number of sulfonamides is 1. The van der Waals surface area contributed by atoms with Crippen LogP contribution in [0, 0.1) is 5.92 Å². The molecule has 1 aromatic carbocycles. The monoisotopic (exact) mass is 344 g/mol. The molecule has 23 heavy (non-hydrogen) atoms. The van der Waals surface area contributed by atoms with Gasteiger partial charge in [-0.05, 0) is 30.2 Å². The zero-order valence-electron chi connectivity index (χ0n) is 13.7. The molecular weight excluding hydrogens is 320 g/mol. The molecule has 7 nitrogen and oxygen atoms in total. The van der Waals surface area contributed by atoms with E-state index in [1.54, 1.807) is 19.2 Å². The number of carbonyl (C=O) groups is 1. The predicted molar refractivity (Wildman–Crippen MR) is 86.6 cm³/mol. The van der Waals surface area contributed by atoms with Gasteiger partial charge in [-0.3, -0.25) is 4.79 Å². The lowest BCUT2D eigenvalue weighted by Crippen LogP contribution is -2.40. The summed E-state index contributed by atoms with van der Waals surface area (Å²) in [6.45, 7) is 4.45. The fourth-order valence-electron chi connectivity index (χ4n) is 1.93. The van der Waals surface area contributed by atoms with Gasteiger partial charge in [0.05, 0.1) is 18.0 Å². The average molecular weight is 344 g/mol. The largest absolute Gasteiger partial charge is 0.491 e. The van der Waals surface area contributed by atoms with Gasteiger partial charge in [0.2, 0.25) is 15.9 Å². The highest BCUT2D eigenvalue weighted by Crippen LogP contribution is 2.20. The maximum absolute atomic E-state index is 12.6. The topological polar surface area (TPSA) is 98.9 Å². The summed E-state index contributed by atoms with van der Waals surface area (Å²) in [6, 6.07) is 6.04. The van der Waals surface area contributed by atoms with Crippen LogP contribution in [-0.2, 0) is 19.6 Å². The third-order valence-electron chi connectivity index (χ3n) is 2.92. The molecule has 0 aliphatic heterocycles. The number of methoxy groups -OCH3 is 1. The van der Waals surface area contributed by atoms with E-state index in [2.05, 4.69) is 0 Å². The van der Waals surface area contributed by atoms with E-state index in [0.717, 1.165) is 4.31 Å². The molecule has 2 N–H and O–H groups in total. The number of carbonyl (C=O) groups excluding carboxylic acids is 1. The van der Waals surface area contributed by atoms with E-state index in [4.69, 9.17) is 15.2 Å². The predicted octanol–water partition coefficient (Wildman–Crippen LogP) is 0.844. The van der Waals surface area contributed by atoms with Crippen molar-refractivity contribution in [2.24, 2.45) is 11.7 Å². The first-order valence-corrected chi connectivity index (χ1v) is 8.71. The number of rotatable bonds is 10. The van der Waals surface area contributed by atoms with E-state index in [1.807, 2.05) is 13.8 Å². The molecule has 0 unspecified atom stereocenters. The molecular formula is C15H24N2O5S. The van der Waals surface area contributed by atoms with Crippen LogP contribution in [0.25, 0.3) is 0 Å². The Balaban J connectivity index is 2.93. The zero-order valence-corrected chi connectivity index (χ0v) is 14.5. The first kappa shape index (κ1) is 19.4. The molecule has 0 heterocycles. The summed E-state index contributed by atoms with van der Waals surface area (Å²) >= 11 is 0. The Hall–Kier alpha value is -1.64. The molecule has 1 amide bonds. The second-order valence-corrected chi connectivity index (χ2v) is 7.41. The van der Waals surface area contributed by atoms with Crippen LogP contribution < -0.4 is 10.5 Å². The van der Waals surface area contributed by atoms with Gasteiger partial charge in [0, 0.05) is 13.7 Å². The van der Waals surface area contributed by atoms with Crippen molar-refractivity contribution in [1.29, 1.82) is 0 Å². The van der Waals surface area contributed by atoms with E-state index in [0.29, 0.717) is 19.0 Å². The second kappa shape index (κ2) is 8.85. The van der Waals surface area contributed by atoms with Crippen molar-refractivity contribution in [3.8, 4) is 5.75 Å².